The van der Waals surface area contributed by atoms with Gasteiger partial charge in [0.15, 0.2) is 11.5 Å². The van der Waals surface area contributed by atoms with E-state index in [2.05, 4.69) is 11.1 Å². The Morgan fingerprint density at radius 2 is 2.27 bits per heavy atom. The molecule has 2 heterocycles. The van der Waals surface area contributed by atoms with Gasteiger partial charge in [-0.3, -0.25) is 0 Å². The zero-order valence-corrected chi connectivity index (χ0v) is 8.91. The minimum absolute atomic E-state index is 0.441. The van der Waals surface area contributed by atoms with Crippen molar-refractivity contribution in [2.45, 2.75) is 4.90 Å². The molecule has 3 nitrogen and oxygen atoms in total. The van der Waals surface area contributed by atoms with Crippen LogP contribution in [0.2, 0.25) is 0 Å². The first-order valence-corrected chi connectivity index (χ1v) is 5.56. The summed E-state index contributed by atoms with van der Waals surface area (Å²) in [5.41, 5.74) is 1.13. The van der Waals surface area contributed by atoms with E-state index in [1.54, 1.807) is 12.3 Å². The highest BCUT2D eigenvalue weighted by Gasteiger charge is 2.07. The minimum atomic E-state index is 0.441. The van der Waals surface area contributed by atoms with Crippen molar-refractivity contribution in [2.75, 3.05) is 6.26 Å². The van der Waals surface area contributed by atoms with Crippen LogP contribution in [-0.2, 0) is 0 Å². The van der Waals surface area contributed by atoms with E-state index < -0.39 is 0 Å². The number of nitrogens with zero attached hydrogens (tertiary/aromatic N) is 2. The summed E-state index contributed by atoms with van der Waals surface area (Å²) in [7, 11) is 0. The molecule has 0 bridgehead atoms. The van der Waals surface area contributed by atoms with E-state index in [4.69, 9.17) is 9.68 Å². The summed E-state index contributed by atoms with van der Waals surface area (Å²) < 4.78 is 5.21. The molecule has 0 aliphatic heterocycles. The van der Waals surface area contributed by atoms with Crippen molar-refractivity contribution in [2.24, 2.45) is 0 Å². The number of nitriles is 1. The average Bonchev–Trinajstić information content (AvgIpc) is 2.81. The van der Waals surface area contributed by atoms with E-state index in [1.807, 2.05) is 24.5 Å². The van der Waals surface area contributed by atoms with Crippen molar-refractivity contribution >= 4 is 11.8 Å². The lowest BCUT2D eigenvalue weighted by Gasteiger charge is -2.01. The number of furan rings is 1. The smallest absolute Gasteiger partial charge is 0.154 e. The second-order valence-corrected chi connectivity index (χ2v) is 3.68. The lowest BCUT2D eigenvalue weighted by atomic mass is 10.2. The van der Waals surface area contributed by atoms with Crippen molar-refractivity contribution < 1.29 is 4.42 Å². The van der Waals surface area contributed by atoms with Gasteiger partial charge in [0.05, 0.1) is 6.26 Å². The first-order valence-electron chi connectivity index (χ1n) is 4.34. The lowest BCUT2D eigenvalue weighted by molar-refractivity contribution is 0.580. The molecule has 2 aromatic heterocycles. The van der Waals surface area contributed by atoms with Gasteiger partial charge in [-0.1, -0.05) is 0 Å². The second-order valence-electron chi connectivity index (χ2n) is 2.84. The first-order chi connectivity index (χ1) is 7.35. The third kappa shape index (κ3) is 1.88. The van der Waals surface area contributed by atoms with Gasteiger partial charge < -0.3 is 4.42 Å². The molecular weight excluding hydrogens is 208 g/mol. The van der Waals surface area contributed by atoms with Gasteiger partial charge in [-0.15, -0.1) is 11.8 Å². The summed E-state index contributed by atoms with van der Waals surface area (Å²) in [6.45, 7) is 0. The maximum Gasteiger partial charge on any atom is 0.154 e. The molecule has 0 saturated heterocycles. The maximum absolute atomic E-state index is 8.92. The Kier molecular flexibility index (Phi) is 2.75. The van der Waals surface area contributed by atoms with Crippen molar-refractivity contribution in [3.63, 3.8) is 0 Å². The summed E-state index contributed by atoms with van der Waals surface area (Å²) in [6.07, 6.45) is 3.51. The third-order valence-electron chi connectivity index (χ3n) is 1.96. The standard InChI is InChI=1S/C11H8N2OS/c1-15-11-5-4-8(13-9(11)7-12)10-3-2-6-14-10/h2-6H,1H3. The Morgan fingerprint density at radius 3 is 2.87 bits per heavy atom. The zero-order valence-electron chi connectivity index (χ0n) is 8.10. The molecule has 2 rings (SSSR count). The predicted octanol–water partition coefficient (Wildman–Crippen LogP) is 2.94. The summed E-state index contributed by atoms with van der Waals surface area (Å²) in [5.74, 6) is 0.680. The van der Waals surface area contributed by atoms with E-state index in [-0.39, 0.29) is 0 Å². The van der Waals surface area contributed by atoms with Crippen LogP contribution in [0.25, 0.3) is 11.5 Å². The van der Waals surface area contributed by atoms with Gasteiger partial charge in [-0.25, -0.2) is 4.98 Å². The molecule has 0 radical (unpaired) electrons. The Morgan fingerprint density at radius 1 is 1.40 bits per heavy atom. The number of hydrogen-bond acceptors (Lipinski definition) is 4. The highest BCUT2D eigenvalue weighted by molar-refractivity contribution is 7.98. The molecule has 2 aromatic rings. The second kappa shape index (κ2) is 4.20. The van der Waals surface area contributed by atoms with Gasteiger partial charge in [-0.05, 0) is 30.5 Å². The van der Waals surface area contributed by atoms with Crippen molar-refractivity contribution in [1.29, 1.82) is 5.26 Å². The van der Waals surface area contributed by atoms with Crippen LogP contribution in [0.15, 0.2) is 39.8 Å². The van der Waals surface area contributed by atoms with Gasteiger partial charge in [0.1, 0.15) is 11.8 Å². The van der Waals surface area contributed by atoms with Crippen LogP contribution in [0.1, 0.15) is 5.69 Å². The molecule has 0 aliphatic rings. The average molecular weight is 216 g/mol. The summed E-state index contributed by atoms with van der Waals surface area (Å²) in [4.78, 5) is 5.11. The first kappa shape index (κ1) is 9.81. The number of rotatable bonds is 2. The molecule has 0 N–H and O–H groups in total. The van der Waals surface area contributed by atoms with Gasteiger partial charge in [-0.2, -0.15) is 5.26 Å². The fourth-order valence-electron chi connectivity index (χ4n) is 1.25. The molecule has 15 heavy (non-hydrogen) atoms. The normalized spacial score (nSPS) is 9.87. The largest absolute Gasteiger partial charge is 0.463 e. The molecule has 4 heteroatoms. The topological polar surface area (TPSA) is 49.8 Å². The van der Waals surface area contributed by atoms with E-state index in [0.717, 1.165) is 4.90 Å². The molecule has 0 aliphatic carbocycles. The van der Waals surface area contributed by atoms with Gasteiger partial charge in [0.2, 0.25) is 0 Å². The third-order valence-corrected chi connectivity index (χ3v) is 2.73. The number of aromatic nitrogens is 1. The molecule has 0 amide bonds. The van der Waals surface area contributed by atoms with E-state index >= 15 is 0 Å². The summed E-state index contributed by atoms with van der Waals surface area (Å²) >= 11 is 1.51. The highest BCUT2D eigenvalue weighted by atomic mass is 32.2. The fourth-order valence-corrected chi connectivity index (χ4v) is 1.74. The molecule has 0 saturated carbocycles. The van der Waals surface area contributed by atoms with Crippen LogP contribution < -0.4 is 0 Å². The maximum atomic E-state index is 8.92. The number of thioether (sulfide) groups is 1. The van der Waals surface area contributed by atoms with Gasteiger partial charge >= 0.3 is 0 Å². The van der Waals surface area contributed by atoms with Crippen molar-refractivity contribution in [1.82, 2.24) is 4.98 Å². The lowest BCUT2D eigenvalue weighted by Crippen LogP contribution is -1.89. The van der Waals surface area contributed by atoms with E-state index in [0.29, 0.717) is 17.1 Å². The van der Waals surface area contributed by atoms with Crippen LogP contribution in [-0.4, -0.2) is 11.2 Å². The zero-order chi connectivity index (χ0) is 10.7. The summed E-state index contributed by atoms with van der Waals surface area (Å²) in [5, 5.41) is 8.92. The molecule has 0 aromatic carbocycles. The van der Waals surface area contributed by atoms with Crippen LogP contribution in [0.3, 0.4) is 0 Å². The Labute approximate surface area is 91.7 Å². The molecule has 0 atom stereocenters. The minimum Gasteiger partial charge on any atom is -0.463 e. The van der Waals surface area contributed by atoms with Gasteiger partial charge in [0.25, 0.3) is 0 Å². The predicted molar refractivity (Wildman–Crippen MR) is 58.4 cm³/mol. The van der Waals surface area contributed by atoms with Crippen LogP contribution in [0, 0.1) is 11.3 Å². The van der Waals surface area contributed by atoms with Crippen LogP contribution in [0.5, 0.6) is 0 Å². The van der Waals surface area contributed by atoms with E-state index in [9.17, 15) is 0 Å². The molecule has 74 valence electrons. The fraction of sp³-hybridized carbons (Fsp3) is 0.0909. The van der Waals surface area contributed by atoms with Crippen molar-refractivity contribution in [3.8, 4) is 17.5 Å². The summed E-state index contributed by atoms with van der Waals surface area (Å²) in [6, 6.07) is 9.43. The Bertz CT molecular complexity index is 500. The van der Waals surface area contributed by atoms with Crippen LogP contribution in [0.4, 0.5) is 0 Å². The Balaban J connectivity index is 2.49. The van der Waals surface area contributed by atoms with Crippen LogP contribution >= 0.6 is 11.8 Å². The monoisotopic (exact) mass is 216 g/mol. The molecular formula is C11H8N2OS. The Hall–Kier alpha value is -1.73. The number of pyridine rings is 1. The van der Waals surface area contributed by atoms with Gasteiger partial charge in [0, 0.05) is 4.90 Å². The molecule has 0 spiro atoms. The number of hydrogen-bond donors (Lipinski definition) is 0. The van der Waals surface area contributed by atoms with E-state index in [1.165, 1.54) is 11.8 Å². The highest BCUT2D eigenvalue weighted by Crippen LogP contribution is 2.23. The molecule has 0 unspecified atom stereocenters. The van der Waals surface area contributed by atoms with Crippen molar-refractivity contribution in [3.05, 3.63) is 36.2 Å². The molecule has 0 fully saturated rings. The quantitative estimate of drug-likeness (QED) is 0.724. The SMILES string of the molecule is CSc1ccc(-c2ccco2)nc1C#N.